The van der Waals surface area contributed by atoms with E-state index in [4.69, 9.17) is 10.5 Å². The van der Waals surface area contributed by atoms with E-state index < -0.39 is 0 Å². The van der Waals surface area contributed by atoms with E-state index in [1.807, 2.05) is 7.05 Å². The van der Waals surface area contributed by atoms with Crippen molar-refractivity contribution < 1.29 is 9.13 Å². The minimum atomic E-state index is -0.206. The van der Waals surface area contributed by atoms with Crippen LogP contribution in [0.4, 0.5) is 4.39 Å². The van der Waals surface area contributed by atoms with Crippen molar-refractivity contribution in [3.05, 3.63) is 35.6 Å². The fourth-order valence-electron chi connectivity index (χ4n) is 2.08. The Balaban J connectivity index is 2.63. The molecule has 1 unspecified atom stereocenters. The number of likely N-dealkylation sites (N-methyl/N-ethyl adjacent to an activating group) is 1. The van der Waals surface area contributed by atoms with Crippen LogP contribution in [0.15, 0.2) is 24.3 Å². The van der Waals surface area contributed by atoms with E-state index in [2.05, 4.69) is 18.7 Å². The van der Waals surface area contributed by atoms with Crippen LogP contribution in [0.25, 0.3) is 0 Å². The molecule has 1 rings (SSSR count). The molecule has 2 N–H and O–H groups in total. The number of ether oxygens (including phenoxy) is 1. The smallest absolute Gasteiger partial charge is 0.123 e. The molecule has 0 aromatic heterocycles. The molecule has 19 heavy (non-hydrogen) atoms. The number of hydrogen-bond donors (Lipinski definition) is 1. The Kier molecular flexibility index (Phi) is 5.91. The number of methoxy groups -OCH3 is 1. The largest absolute Gasteiger partial charge is 0.379 e. The van der Waals surface area contributed by atoms with E-state index in [0.29, 0.717) is 6.54 Å². The van der Waals surface area contributed by atoms with Gasteiger partial charge in [-0.15, -0.1) is 0 Å². The lowest BCUT2D eigenvalue weighted by Gasteiger charge is -2.33. The first-order valence-corrected chi connectivity index (χ1v) is 6.58. The third kappa shape index (κ3) is 5.27. The summed E-state index contributed by atoms with van der Waals surface area (Å²) in [6, 6.07) is 6.82. The van der Waals surface area contributed by atoms with E-state index in [1.165, 1.54) is 12.1 Å². The standard InChI is InChI=1S/C15H25FN2O/c1-15(2,19-4)9-14(10-17)18(3)11-12-5-7-13(16)8-6-12/h5-8,14H,9-11,17H2,1-4H3. The molecular weight excluding hydrogens is 243 g/mol. The van der Waals surface area contributed by atoms with Gasteiger partial charge in [-0.05, 0) is 45.0 Å². The maximum Gasteiger partial charge on any atom is 0.123 e. The lowest BCUT2D eigenvalue weighted by molar-refractivity contribution is -0.00538. The van der Waals surface area contributed by atoms with E-state index in [1.54, 1.807) is 19.2 Å². The lowest BCUT2D eigenvalue weighted by atomic mass is 9.97. The Morgan fingerprint density at radius 3 is 2.37 bits per heavy atom. The molecule has 0 aliphatic heterocycles. The average molecular weight is 268 g/mol. The molecule has 0 amide bonds. The van der Waals surface area contributed by atoms with Crippen molar-refractivity contribution in [1.82, 2.24) is 4.90 Å². The van der Waals surface area contributed by atoms with Gasteiger partial charge in [-0.1, -0.05) is 12.1 Å². The van der Waals surface area contributed by atoms with Gasteiger partial charge >= 0.3 is 0 Å². The number of rotatable bonds is 7. The van der Waals surface area contributed by atoms with Gasteiger partial charge in [-0.3, -0.25) is 4.90 Å². The maximum absolute atomic E-state index is 12.9. The summed E-state index contributed by atoms with van der Waals surface area (Å²) in [5.41, 5.74) is 6.74. The third-order valence-corrected chi connectivity index (χ3v) is 3.52. The highest BCUT2D eigenvalue weighted by Crippen LogP contribution is 2.19. The summed E-state index contributed by atoms with van der Waals surface area (Å²) >= 11 is 0. The molecule has 0 saturated carbocycles. The molecular formula is C15H25FN2O. The summed E-state index contributed by atoms with van der Waals surface area (Å²) in [6.07, 6.45) is 0.859. The van der Waals surface area contributed by atoms with Crippen LogP contribution in [-0.2, 0) is 11.3 Å². The van der Waals surface area contributed by atoms with E-state index in [-0.39, 0.29) is 17.5 Å². The van der Waals surface area contributed by atoms with Crippen molar-refractivity contribution in [3.8, 4) is 0 Å². The molecule has 1 aromatic carbocycles. The maximum atomic E-state index is 12.9. The molecule has 0 aliphatic carbocycles. The molecule has 0 spiro atoms. The van der Waals surface area contributed by atoms with Gasteiger partial charge in [0.15, 0.2) is 0 Å². The molecule has 0 radical (unpaired) electrons. The van der Waals surface area contributed by atoms with E-state index in [9.17, 15) is 4.39 Å². The van der Waals surface area contributed by atoms with Gasteiger partial charge in [0.25, 0.3) is 0 Å². The first-order valence-electron chi connectivity index (χ1n) is 6.58. The monoisotopic (exact) mass is 268 g/mol. The Bertz CT molecular complexity index is 378. The van der Waals surface area contributed by atoms with Gasteiger partial charge < -0.3 is 10.5 Å². The van der Waals surface area contributed by atoms with Crippen LogP contribution in [0.3, 0.4) is 0 Å². The first kappa shape index (κ1) is 16.1. The van der Waals surface area contributed by atoms with Crippen LogP contribution in [0, 0.1) is 5.82 Å². The molecule has 108 valence electrons. The molecule has 1 atom stereocenters. The minimum absolute atomic E-state index is 0.193. The van der Waals surface area contributed by atoms with Crippen molar-refractivity contribution >= 4 is 0 Å². The average Bonchev–Trinajstić information content (AvgIpc) is 2.38. The van der Waals surface area contributed by atoms with E-state index in [0.717, 1.165) is 18.5 Å². The van der Waals surface area contributed by atoms with Crippen molar-refractivity contribution in [2.24, 2.45) is 5.73 Å². The predicted octanol–water partition coefficient (Wildman–Crippen LogP) is 2.40. The SMILES string of the molecule is COC(C)(C)CC(CN)N(C)Cc1ccc(F)cc1. The summed E-state index contributed by atoms with van der Waals surface area (Å²) in [5.74, 6) is -0.206. The topological polar surface area (TPSA) is 38.5 Å². The zero-order valence-corrected chi connectivity index (χ0v) is 12.3. The summed E-state index contributed by atoms with van der Waals surface area (Å²) < 4.78 is 18.3. The molecule has 4 heteroatoms. The Hall–Kier alpha value is -0.970. The van der Waals surface area contributed by atoms with Crippen molar-refractivity contribution in [2.45, 2.75) is 38.5 Å². The highest BCUT2D eigenvalue weighted by atomic mass is 19.1. The zero-order valence-electron chi connectivity index (χ0n) is 12.3. The second-order valence-corrected chi connectivity index (χ2v) is 5.60. The van der Waals surface area contributed by atoms with Crippen molar-refractivity contribution in [1.29, 1.82) is 0 Å². The van der Waals surface area contributed by atoms with E-state index >= 15 is 0 Å². The van der Waals surface area contributed by atoms with Gasteiger partial charge in [0.05, 0.1) is 5.60 Å². The molecule has 0 bridgehead atoms. The van der Waals surface area contributed by atoms with Crippen LogP contribution in [0.2, 0.25) is 0 Å². The van der Waals surface area contributed by atoms with Crippen LogP contribution in [0.1, 0.15) is 25.8 Å². The van der Waals surface area contributed by atoms with Gasteiger partial charge in [-0.25, -0.2) is 4.39 Å². The van der Waals surface area contributed by atoms with Gasteiger partial charge in [0, 0.05) is 26.2 Å². The number of nitrogens with two attached hydrogens (primary N) is 1. The lowest BCUT2D eigenvalue weighted by Crippen LogP contribution is -2.43. The highest BCUT2D eigenvalue weighted by Gasteiger charge is 2.24. The molecule has 0 heterocycles. The van der Waals surface area contributed by atoms with Gasteiger partial charge in [0.1, 0.15) is 5.82 Å². The fourth-order valence-corrected chi connectivity index (χ4v) is 2.08. The quantitative estimate of drug-likeness (QED) is 0.825. The number of halogens is 1. The van der Waals surface area contributed by atoms with Crippen LogP contribution < -0.4 is 5.73 Å². The van der Waals surface area contributed by atoms with Crippen LogP contribution in [-0.4, -0.2) is 37.2 Å². The summed E-state index contributed by atoms with van der Waals surface area (Å²) in [7, 11) is 3.75. The molecule has 0 aliphatic rings. The summed E-state index contributed by atoms with van der Waals surface area (Å²) in [6.45, 7) is 5.44. The minimum Gasteiger partial charge on any atom is -0.379 e. The highest BCUT2D eigenvalue weighted by molar-refractivity contribution is 5.15. The van der Waals surface area contributed by atoms with Crippen molar-refractivity contribution in [3.63, 3.8) is 0 Å². The number of benzene rings is 1. The second-order valence-electron chi connectivity index (χ2n) is 5.60. The van der Waals surface area contributed by atoms with Crippen molar-refractivity contribution in [2.75, 3.05) is 20.7 Å². The van der Waals surface area contributed by atoms with Crippen LogP contribution in [0.5, 0.6) is 0 Å². The summed E-state index contributed by atoms with van der Waals surface area (Å²) in [5, 5.41) is 0. The molecule has 1 aromatic rings. The number of hydrogen-bond acceptors (Lipinski definition) is 3. The van der Waals surface area contributed by atoms with Crippen LogP contribution >= 0.6 is 0 Å². The molecule has 0 saturated heterocycles. The fraction of sp³-hybridized carbons (Fsp3) is 0.600. The second kappa shape index (κ2) is 6.98. The Morgan fingerprint density at radius 2 is 1.89 bits per heavy atom. The third-order valence-electron chi connectivity index (χ3n) is 3.52. The van der Waals surface area contributed by atoms with Gasteiger partial charge in [0.2, 0.25) is 0 Å². The molecule has 3 nitrogen and oxygen atoms in total. The molecule has 0 fully saturated rings. The zero-order chi connectivity index (χ0) is 14.5. The predicted molar refractivity (Wildman–Crippen MR) is 76.4 cm³/mol. The Morgan fingerprint density at radius 1 is 1.32 bits per heavy atom. The summed E-state index contributed by atoms with van der Waals surface area (Å²) in [4.78, 5) is 2.19. The Labute approximate surface area is 115 Å². The normalized spacial score (nSPS) is 13.8. The first-order chi connectivity index (χ1) is 8.88. The van der Waals surface area contributed by atoms with Gasteiger partial charge in [-0.2, -0.15) is 0 Å². The number of nitrogens with zero attached hydrogens (tertiary/aromatic N) is 1.